The van der Waals surface area contributed by atoms with E-state index < -0.39 is 17.0 Å². The summed E-state index contributed by atoms with van der Waals surface area (Å²) in [6.45, 7) is 8.43. The number of pyridine rings is 1. The number of hydrogen-bond donors (Lipinski definition) is 2. The summed E-state index contributed by atoms with van der Waals surface area (Å²) in [7, 11) is -1.34. The maximum Gasteiger partial charge on any atom is 0.307 e. The van der Waals surface area contributed by atoms with Crippen LogP contribution in [-0.4, -0.2) is 36.3 Å². The quantitative estimate of drug-likeness (QED) is 0.215. The number of benzene rings is 3. The van der Waals surface area contributed by atoms with Gasteiger partial charge in [0.1, 0.15) is 16.8 Å². The van der Waals surface area contributed by atoms with Crippen LogP contribution in [0.25, 0.3) is 27.9 Å². The van der Waals surface area contributed by atoms with E-state index in [1.54, 1.807) is 18.6 Å². The van der Waals surface area contributed by atoms with Crippen molar-refractivity contribution in [1.29, 1.82) is 0 Å². The van der Waals surface area contributed by atoms with Crippen molar-refractivity contribution in [1.82, 2.24) is 14.8 Å². The van der Waals surface area contributed by atoms with E-state index in [4.69, 9.17) is 0 Å². The first-order valence-corrected chi connectivity index (χ1v) is 15.6. The number of aryl methyl sites for hydroxylation is 2. The van der Waals surface area contributed by atoms with E-state index in [1.165, 1.54) is 0 Å². The van der Waals surface area contributed by atoms with Crippen LogP contribution in [0.4, 0.5) is 17.2 Å². The number of carboxylic acid groups (broad SMARTS) is 1. The van der Waals surface area contributed by atoms with E-state index in [9.17, 15) is 14.1 Å². The largest absolute Gasteiger partial charge is 0.481 e. The molecule has 1 aliphatic heterocycles. The monoisotopic (exact) mass is 591 g/mol. The third-order valence-electron chi connectivity index (χ3n) is 8.02. The second-order valence-corrected chi connectivity index (χ2v) is 12.3. The molecule has 2 N–H and O–H groups in total. The lowest BCUT2D eigenvalue weighted by Crippen LogP contribution is -2.30. The average molecular weight is 592 g/mol. The van der Waals surface area contributed by atoms with Crippen LogP contribution in [-0.2, 0) is 28.7 Å². The number of nitrogens with one attached hydrogen (secondary N) is 1. The predicted octanol–water partition coefficient (Wildman–Crippen LogP) is 6.82. The molecule has 0 saturated carbocycles. The van der Waals surface area contributed by atoms with Gasteiger partial charge < -0.3 is 10.4 Å². The smallest absolute Gasteiger partial charge is 0.307 e. The van der Waals surface area contributed by atoms with Crippen molar-refractivity contribution < 1.29 is 14.1 Å². The highest BCUT2D eigenvalue weighted by Crippen LogP contribution is 2.49. The van der Waals surface area contributed by atoms with Crippen LogP contribution in [0.3, 0.4) is 0 Å². The van der Waals surface area contributed by atoms with Crippen LogP contribution < -0.4 is 9.62 Å². The van der Waals surface area contributed by atoms with Crippen molar-refractivity contribution in [2.24, 2.45) is 0 Å². The van der Waals surface area contributed by atoms with Gasteiger partial charge in [-0.25, -0.2) is 8.89 Å². The predicted molar refractivity (Wildman–Crippen MR) is 172 cm³/mol. The summed E-state index contributed by atoms with van der Waals surface area (Å²) < 4.78 is 17.0. The second-order valence-electron chi connectivity index (χ2n) is 11.0. The lowest BCUT2D eigenvalue weighted by molar-refractivity contribution is -0.136. The van der Waals surface area contributed by atoms with Crippen LogP contribution in [0.1, 0.15) is 33.5 Å². The van der Waals surface area contributed by atoms with Gasteiger partial charge in [0.15, 0.2) is 0 Å². The van der Waals surface area contributed by atoms with Gasteiger partial charge in [0.05, 0.1) is 30.0 Å². The average Bonchev–Trinajstić information content (AvgIpc) is 3.35. The molecule has 0 spiro atoms. The molecule has 0 bridgehead atoms. The van der Waals surface area contributed by atoms with Crippen LogP contribution in [0.5, 0.6) is 0 Å². The first kappa shape index (κ1) is 28.4. The Balaban J connectivity index is 1.52. The Labute approximate surface area is 253 Å². The molecule has 218 valence electrons. The van der Waals surface area contributed by atoms with Crippen LogP contribution in [0, 0.1) is 27.7 Å². The van der Waals surface area contributed by atoms with Crippen molar-refractivity contribution >= 4 is 34.1 Å². The van der Waals surface area contributed by atoms with Gasteiger partial charge in [-0.3, -0.25) is 14.1 Å². The molecule has 1 atom stereocenters. The van der Waals surface area contributed by atoms with Gasteiger partial charge in [-0.15, -0.1) is 0 Å². The Hall–Kier alpha value is -4.76. The Bertz CT molecular complexity index is 1900. The van der Waals surface area contributed by atoms with Crippen LogP contribution in [0.15, 0.2) is 73.1 Å². The third-order valence-corrected chi connectivity index (χ3v) is 8.96. The van der Waals surface area contributed by atoms with E-state index in [0.717, 1.165) is 78.6 Å². The molecule has 1 aliphatic rings. The first-order valence-electron chi connectivity index (χ1n) is 14.1. The molecule has 5 aromatic rings. The number of aromatic nitrogens is 3. The summed E-state index contributed by atoms with van der Waals surface area (Å²) in [4.78, 5) is 16.2. The summed E-state index contributed by atoms with van der Waals surface area (Å²) in [5.41, 5.74) is 12.2. The van der Waals surface area contributed by atoms with E-state index in [0.29, 0.717) is 6.54 Å². The van der Waals surface area contributed by atoms with Gasteiger partial charge in [-0.2, -0.15) is 5.10 Å². The summed E-state index contributed by atoms with van der Waals surface area (Å²) in [5, 5.41) is 18.1. The van der Waals surface area contributed by atoms with Gasteiger partial charge in [0.25, 0.3) is 0 Å². The Morgan fingerprint density at radius 1 is 0.953 bits per heavy atom. The van der Waals surface area contributed by atoms with E-state index in [1.807, 2.05) is 73.1 Å². The standard InChI is InChI=1S/C34H33N5O3S/c1-20-6-8-24(9-7-20)32-23(4)33-28-11-10-26(36-30-16-21(2)37-39(30)27-12-14-35-15-13-27)17-25(28)19-38(43(5)42)34(33)22(3)29(32)18-31(40)41/h6-17,36H,18-19H2,1-5H3,(H,40,41). The summed E-state index contributed by atoms with van der Waals surface area (Å²) in [5.74, 6) is -0.0732. The van der Waals surface area contributed by atoms with Gasteiger partial charge in [0, 0.05) is 36.0 Å². The Morgan fingerprint density at radius 3 is 2.35 bits per heavy atom. The number of carbonyl (C=O) groups is 1. The molecule has 1 unspecified atom stereocenters. The number of nitrogens with zero attached hydrogens (tertiary/aromatic N) is 4. The molecule has 3 aromatic carbocycles. The fraction of sp³-hybridized carbons (Fsp3) is 0.206. The minimum atomic E-state index is -1.34. The molecule has 0 fully saturated rings. The number of hydrogen-bond acceptors (Lipinski definition) is 5. The van der Waals surface area contributed by atoms with Crippen LogP contribution in [0.2, 0.25) is 0 Å². The molecule has 3 heterocycles. The minimum absolute atomic E-state index is 0.117. The van der Waals surface area contributed by atoms with Crippen molar-refractivity contribution in [3.05, 3.63) is 107 Å². The van der Waals surface area contributed by atoms with Crippen molar-refractivity contribution in [2.45, 2.75) is 40.7 Å². The molecule has 0 saturated heterocycles. The number of carboxylic acids is 1. The molecule has 0 radical (unpaired) electrons. The maximum absolute atomic E-state index is 13.2. The van der Waals surface area contributed by atoms with E-state index in [-0.39, 0.29) is 6.42 Å². The van der Waals surface area contributed by atoms with E-state index in [2.05, 4.69) is 39.7 Å². The van der Waals surface area contributed by atoms with Crippen molar-refractivity contribution in [3.63, 3.8) is 0 Å². The number of aliphatic carboxylic acids is 1. The fourth-order valence-corrected chi connectivity index (χ4v) is 6.90. The molecule has 2 aromatic heterocycles. The zero-order valence-corrected chi connectivity index (χ0v) is 25.6. The highest BCUT2D eigenvalue weighted by Gasteiger charge is 2.32. The van der Waals surface area contributed by atoms with Gasteiger partial charge in [-0.05, 0) is 90.9 Å². The fourth-order valence-electron chi connectivity index (χ4n) is 6.09. The molecule has 43 heavy (non-hydrogen) atoms. The second kappa shape index (κ2) is 11.1. The summed E-state index contributed by atoms with van der Waals surface area (Å²) >= 11 is 0. The zero-order chi connectivity index (χ0) is 30.4. The lowest BCUT2D eigenvalue weighted by atomic mass is 9.81. The van der Waals surface area contributed by atoms with Crippen molar-refractivity contribution in [2.75, 3.05) is 15.9 Å². The Kier molecular flexibility index (Phi) is 7.35. The SMILES string of the molecule is Cc1ccc(-c2c(C)c3c(c(C)c2CC(=O)O)N(S(C)=O)Cc2cc(Nc4cc(C)nn4-c4ccncc4)ccc2-3)cc1. The van der Waals surface area contributed by atoms with Gasteiger partial charge >= 0.3 is 5.97 Å². The highest BCUT2D eigenvalue weighted by molar-refractivity contribution is 7.85. The minimum Gasteiger partial charge on any atom is -0.481 e. The Morgan fingerprint density at radius 2 is 1.67 bits per heavy atom. The van der Waals surface area contributed by atoms with Gasteiger partial charge in [-0.1, -0.05) is 35.9 Å². The van der Waals surface area contributed by atoms with Crippen molar-refractivity contribution in [3.8, 4) is 27.9 Å². The summed E-state index contributed by atoms with van der Waals surface area (Å²) in [6.07, 6.45) is 5.03. The lowest BCUT2D eigenvalue weighted by Gasteiger charge is -2.35. The molecule has 9 heteroatoms. The van der Waals surface area contributed by atoms with Crippen LogP contribution >= 0.6 is 0 Å². The molecular weight excluding hydrogens is 558 g/mol. The zero-order valence-electron chi connectivity index (χ0n) is 24.8. The molecule has 6 rings (SSSR count). The number of fused-ring (bicyclic) bond motifs is 3. The maximum atomic E-state index is 13.2. The van der Waals surface area contributed by atoms with E-state index >= 15 is 0 Å². The number of rotatable bonds is 7. The molecule has 0 aliphatic carbocycles. The highest BCUT2D eigenvalue weighted by atomic mass is 32.2. The first-order chi connectivity index (χ1) is 20.6. The summed E-state index contributed by atoms with van der Waals surface area (Å²) in [6, 6.07) is 20.3. The number of anilines is 3. The topological polar surface area (TPSA) is 100 Å². The normalized spacial score (nSPS) is 12.9. The molecule has 8 nitrogen and oxygen atoms in total. The molecule has 0 amide bonds. The van der Waals surface area contributed by atoms with Gasteiger partial charge in [0.2, 0.25) is 0 Å². The third kappa shape index (κ3) is 5.21. The molecular formula is C34H33N5O3S.